The fraction of sp³-hybridized carbons (Fsp3) is 0.250. The number of pyridine rings is 1. The zero-order valence-corrected chi connectivity index (χ0v) is 22.3. The van der Waals surface area contributed by atoms with Crippen molar-refractivity contribution in [2.45, 2.75) is 25.8 Å². The van der Waals surface area contributed by atoms with Crippen LogP contribution in [0.2, 0.25) is 5.02 Å². The summed E-state index contributed by atoms with van der Waals surface area (Å²) in [7, 11) is 0. The van der Waals surface area contributed by atoms with Crippen molar-refractivity contribution >= 4 is 34.1 Å². The molecular formula is C32H30ClN5. The molecule has 6 heteroatoms. The van der Waals surface area contributed by atoms with Crippen molar-refractivity contribution in [3.05, 3.63) is 112 Å². The van der Waals surface area contributed by atoms with Crippen molar-refractivity contribution in [1.29, 1.82) is 5.26 Å². The largest absolute Gasteiger partial charge is 0.355 e. The number of imidazole rings is 1. The van der Waals surface area contributed by atoms with Crippen LogP contribution in [0.4, 0.5) is 5.82 Å². The van der Waals surface area contributed by atoms with E-state index in [1.54, 1.807) is 0 Å². The normalized spacial score (nSPS) is 15.1. The van der Waals surface area contributed by atoms with Gasteiger partial charge in [0.2, 0.25) is 0 Å². The van der Waals surface area contributed by atoms with Gasteiger partial charge in [0.1, 0.15) is 11.9 Å². The van der Waals surface area contributed by atoms with Gasteiger partial charge in [0.05, 0.1) is 22.6 Å². The van der Waals surface area contributed by atoms with Crippen LogP contribution in [0.5, 0.6) is 0 Å². The van der Waals surface area contributed by atoms with E-state index in [4.69, 9.17) is 16.6 Å². The lowest BCUT2D eigenvalue weighted by Gasteiger charge is -2.41. The van der Waals surface area contributed by atoms with E-state index < -0.39 is 0 Å². The van der Waals surface area contributed by atoms with Gasteiger partial charge in [0.25, 0.3) is 0 Å². The zero-order chi connectivity index (χ0) is 26.1. The Hall–Kier alpha value is -3.85. The Morgan fingerprint density at radius 3 is 2.29 bits per heavy atom. The van der Waals surface area contributed by atoms with Crippen molar-refractivity contribution in [2.24, 2.45) is 0 Å². The Morgan fingerprint density at radius 1 is 0.895 bits per heavy atom. The summed E-state index contributed by atoms with van der Waals surface area (Å²) in [4.78, 5) is 9.93. The van der Waals surface area contributed by atoms with E-state index in [0.29, 0.717) is 5.56 Å². The third-order valence-electron chi connectivity index (χ3n) is 7.57. The van der Waals surface area contributed by atoms with Gasteiger partial charge in [-0.25, -0.2) is 4.98 Å². The van der Waals surface area contributed by atoms with Gasteiger partial charge in [-0.05, 0) is 53.4 Å². The lowest BCUT2D eigenvalue weighted by Crippen LogP contribution is -2.48. The average molecular weight is 520 g/mol. The second kappa shape index (κ2) is 10.5. The zero-order valence-electron chi connectivity index (χ0n) is 21.5. The molecule has 0 spiro atoms. The fourth-order valence-corrected chi connectivity index (χ4v) is 5.91. The molecule has 5 nitrogen and oxygen atoms in total. The third kappa shape index (κ3) is 4.41. The average Bonchev–Trinajstić information content (AvgIpc) is 3.34. The molecule has 3 heterocycles. The lowest BCUT2D eigenvalue weighted by atomic mass is 9.96. The molecule has 1 fully saturated rings. The summed E-state index contributed by atoms with van der Waals surface area (Å²) in [6, 6.07) is 32.0. The van der Waals surface area contributed by atoms with Gasteiger partial charge in [0.15, 0.2) is 5.65 Å². The highest BCUT2D eigenvalue weighted by Gasteiger charge is 2.28. The number of anilines is 1. The number of hydrogen-bond acceptors (Lipinski definition) is 4. The van der Waals surface area contributed by atoms with Crippen LogP contribution in [0.3, 0.4) is 0 Å². The highest BCUT2D eigenvalue weighted by atomic mass is 35.5. The summed E-state index contributed by atoms with van der Waals surface area (Å²) in [6.45, 7) is 5.76. The number of para-hydroxylation sites is 2. The summed E-state index contributed by atoms with van der Waals surface area (Å²) in [6.07, 6.45) is 1.85. The van der Waals surface area contributed by atoms with Gasteiger partial charge >= 0.3 is 0 Å². The van der Waals surface area contributed by atoms with E-state index in [1.165, 1.54) is 11.1 Å². The first-order valence-corrected chi connectivity index (χ1v) is 13.7. The molecule has 1 aliphatic rings. The number of rotatable bonds is 6. The van der Waals surface area contributed by atoms with Gasteiger partial charge < -0.3 is 4.90 Å². The fourth-order valence-electron chi connectivity index (χ4n) is 5.79. The predicted octanol–water partition coefficient (Wildman–Crippen LogP) is 6.88. The van der Waals surface area contributed by atoms with E-state index in [1.807, 2.05) is 30.3 Å². The van der Waals surface area contributed by atoms with Crippen LogP contribution in [-0.4, -0.2) is 40.5 Å². The maximum atomic E-state index is 10.1. The number of nitrogens with zero attached hydrogens (tertiary/aromatic N) is 5. The SMILES string of the molecule is CCCc1cc(N2CCN(C(c3ccccc3)c3ccc(Cl)cc3)CC2)n2c(nc3ccccc32)c1C#N. The van der Waals surface area contributed by atoms with E-state index >= 15 is 0 Å². The van der Waals surface area contributed by atoms with Gasteiger partial charge in [-0.2, -0.15) is 5.26 Å². The summed E-state index contributed by atoms with van der Waals surface area (Å²) in [5.74, 6) is 1.12. The summed E-state index contributed by atoms with van der Waals surface area (Å²) < 4.78 is 2.19. The molecule has 0 amide bonds. The van der Waals surface area contributed by atoms with Crippen molar-refractivity contribution in [1.82, 2.24) is 14.3 Å². The minimum absolute atomic E-state index is 0.168. The summed E-state index contributed by atoms with van der Waals surface area (Å²) in [5, 5.41) is 10.8. The first kappa shape index (κ1) is 24.5. The number of fused-ring (bicyclic) bond motifs is 3. The molecule has 1 aliphatic heterocycles. The number of benzene rings is 3. The minimum atomic E-state index is 0.168. The van der Waals surface area contributed by atoms with Gasteiger partial charge in [-0.3, -0.25) is 9.30 Å². The molecule has 0 radical (unpaired) electrons. The number of aromatic nitrogens is 2. The molecule has 0 aliphatic carbocycles. The van der Waals surface area contributed by atoms with Crippen LogP contribution >= 0.6 is 11.6 Å². The molecule has 190 valence electrons. The van der Waals surface area contributed by atoms with Crippen LogP contribution in [0.15, 0.2) is 84.9 Å². The number of hydrogen-bond donors (Lipinski definition) is 0. The highest BCUT2D eigenvalue weighted by molar-refractivity contribution is 6.30. The second-order valence-corrected chi connectivity index (χ2v) is 10.3. The van der Waals surface area contributed by atoms with Crippen LogP contribution < -0.4 is 4.90 Å². The molecule has 38 heavy (non-hydrogen) atoms. The standard InChI is InChI=1S/C32H30ClN5/c1-2-8-25-21-30(38-29-12-7-6-11-28(29)35-32(38)27(25)22-34)36-17-19-37(20-18-36)31(23-9-4-3-5-10-23)24-13-15-26(33)16-14-24/h3-7,9-16,21,31H,2,8,17-20H2,1H3. The summed E-state index contributed by atoms with van der Waals surface area (Å²) in [5.41, 5.74) is 7.04. The third-order valence-corrected chi connectivity index (χ3v) is 7.83. The van der Waals surface area contributed by atoms with Crippen LogP contribution in [0.25, 0.3) is 16.7 Å². The van der Waals surface area contributed by atoms with E-state index in [0.717, 1.165) is 72.1 Å². The number of halogens is 1. The van der Waals surface area contributed by atoms with Gasteiger partial charge in [-0.1, -0.05) is 79.5 Å². The Bertz CT molecular complexity index is 1610. The molecular weight excluding hydrogens is 490 g/mol. The van der Waals surface area contributed by atoms with Gasteiger partial charge in [-0.15, -0.1) is 0 Å². The molecule has 0 saturated carbocycles. The molecule has 2 aromatic heterocycles. The maximum absolute atomic E-state index is 10.1. The second-order valence-electron chi connectivity index (χ2n) is 9.91. The lowest BCUT2D eigenvalue weighted by molar-refractivity contribution is 0.212. The Labute approximate surface area is 228 Å². The van der Waals surface area contributed by atoms with Crippen LogP contribution in [0.1, 0.15) is 41.6 Å². The number of piperazine rings is 1. The first-order chi connectivity index (χ1) is 18.7. The van der Waals surface area contributed by atoms with Crippen LogP contribution in [-0.2, 0) is 6.42 Å². The molecule has 1 saturated heterocycles. The van der Waals surface area contributed by atoms with Crippen molar-refractivity contribution in [3.8, 4) is 6.07 Å². The quantitative estimate of drug-likeness (QED) is 0.245. The Morgan fingerprint density at radius 2 is 1.58 bits per heavy atom. The van der Waals surface area contributed by atoms with Crippen molar-refractivity contribution in [3.63, 3.8) is 0 Å². The molecule has 1 atom stereocenters. The number of aryl methyl sites for hydroxylation is 1. The van der Waals surface area contributed by atoms with Crippen molar-refractivity contribution < 1.29 is 0 Å². The molecule has 1 unspecified atom stereocenters. The van der Waals surface area contributed by atoms with Gasteiger partial charge in [0, 0.05) is 31.2 Å². The molecule has 3 aromatic carbocycles. The first-order valence-electron chi connectivity index (χ1n) is 13.3. The van der Waals surface area contributed by atoms with E-state index in [-0.39, 0.29) is 6.04 Å². The number of nitriles is 1. The monoisotopic (exact) mass is 519 g/mol. The minimum Gasteiger partial charge on any atom is -0.355 e. The van der Waals surface area contributed by atoms with E-state index in [2.05, 4.69) is 81.8 Å². The molecule has 6 rings (SSSR count). The van der Waals surface area contributed by atoms with Crippen molar-refractivity contribution in [2.75, 3.05) is 31.1 Å². The van der Waals surface area contributed by atoms with Crippen LogP contribution in [0, 0.1) is 11.3 Å². The Kier molecular flexibility index (Phi) is 6.76. The molecule has 0 N–H and O–H groups in total. The van der Waals surface area contributed by atoms with E-state index in [9.17, 15) is 5.26 Å². The maximum Gasteiger partial charge on any atom is 0.157 e. The molecule has 5 aromatic rings. The Balaban J connectivity index is 1.37. The molecule has 0 bridgehead atoms. The highest BCUT2D eigenvalue weighted by Crippen LogP contribution is 2.33. The predicted molar refractivity (Wildman–Crippen MR) is 155 cm³/mol. The summed E-state index contributed by atoms with van der Waals surface area (Å²) >= 11 is 6.22. The topological polar surface area (TPSA) is 47.6 Å². The smallest absolute Gasteiger partial charge is 0.157 e.